The fourth-order valence-electron chi connectivity index (χ4n) is 5.69. The maximum Gasteiger partial charge on any atom is 0.306 e. The lowest BCUT2D eigenvalue weighted by atomic mass is 9.94. The molecule has 41 heavy (non-hydrogen) atoms. The van der Waals surface area contributed by atoms with E-state index in [0.29, 0.717) is 45.1 Å². The highest BCUT2D eigenvalue weighted by atomic mass is 32.2. The van der Waals surface area contributed by atoms with E-state index in [1.165, 1.54) is 17.7 Å². The third kappa shape index (κ3) is 6.85. The normalized spacial score (nSPS) is 18.5. The summed E-state index contributed by atoms with van der Waals surface area (Å²) in [6.45, 7) is 6.59. The van der Waals surface area contributed by atoms with Crippen molar-refractivity contribution in [1.82, 2.24) is 4.31 Å². The summed E-state index contributed by atoms with van der Waals surface area (Å²) in [4.78, 5) is 11.7. The minimum atomic E-state index is -3.15. The van der Waals surface area contributed by atoms with E-state index in [2.05, 4.69) is 26.0 Å². The molecule has 0 spiro atoms. The number of esters is 1. The molecule has 0 bridgehead atoms. The van der Waals surface area contributed by atoms with E-state index in [-0.39, 0.29) is 17.8 Å². The average Bonchev–Trinajstić information content (AvgIpc) is 3.58. The van der Waals surface area contributed by atoms with Crippen LogP contribution in [0.15, 0.2) is 54.6 Å². The molecule has 2 aliphatic rings. The lowest BCUT2D eigenvalue weighted by molar-refractivity contribution is -0.141. The van der Waals surface area contributed by atoms with E-state index in [9.17, 15) is 13.2 Å². The fourth-order valence-corrected chi connectivity index (χ4v) is 6.61. The lowest BCUT2D eigenvalue weighted by Crippen LogP contribution is -2.28. The summed E-state index contributed by atoms with van der Waals surface area (Å²) >= 11 is 0. The number of aryl methyl sites for hydroxylation is 2. The molecule has 1 saturated heterocycles. The van der Waals surface area contributed by atoms with Gasteiger partial charge in [0, 0.05) is 36.6 Å². The van der Waals surface area contributed by atoms with Crippen LogP contribution in [0.2, 0.25) is 0 Å². The smallest absolute Gasteiger partial charge is 0.306 e. The Morgan fingerprint density at radius 1 is 1.02 bits per heavy atom. The number of methoxy groups -OCH3 is 1. The van der Waals surface area contributed by atoms with Crippen molar-refractivity contribution in [1.29, 1.82) is 0 Å². The molecule has 1 fully saturated rings. The van der Waals surface area contributed by atoms with Crippen LogP contribution in [0.5, 0.6) is 17.2 Å². The molecule has 0 aromatic heterocycles. The van der Waals surface area contributed by atoms with Gasteiger partial charge in [0.25, 0.3) is 0 Å². The first-order valence-electron chi connectivity index (χ1n) is 13.9. The van der Waals surface area contributed by atoms with Crippen molar-refractivity contribution in [2.45, 2.75) is 39.2 Å². The van der Waals surface area contributed by atoms with Crippen molar-refractivity contribution in [2.75, 3.05) is 39.7 Å². The predicted octanol–water partition coefficient (Wildman–Crippen LogP) is 5.25. The molecular formula is C32H37NO7S. The van der Waals surface area contributed by atoms with Crippen LogP contribution >= 0.6 is 0 Å². The molecule has 3 aromatic rings. The Morgan fingerprint density at radius 2 is 1.80 bits per heavy atom. The van der Waals surface area contributed by atoms with Crippen molar-refractivity contribution in [2.24, 2.45) is 5.92 Å². The van der Waals surface area contributed by atoms with Crippen LogP contribution in [0.3, 0.4) is 0 Å². The summed E-state index contributed by atoms with van der Waals surface area (Å²) in [7, 11) is -1.76. The SMILES string of the molecule is COC(=O)CC1COc2cc(OCc3cccc(-c4c(C)cc(OC[C@@H]5CCN(S(C)(=O)=O)C5)cc4C)c3)ccc21. The zero-order valence-electron chi connectivity index (χ0n) is 24.0. The molecular weight excluding hydrogens is 542 g/mol. The van der Waals surface area contributed by atoms with Gasteiger partial charge in [-0.15, -0.1) is 0 Å². The van der Waals surface area contributed by atoms with E-state index in [4.69, 9.17) is 18.9 Å². The molecule has 3 aromatic carbocycles. The van der Waals surface area contributed by atoms with Crippen LogP contribution in [0.4, 0.5) is 0 Å². The number of carbonyl (C=O) groups is 1. The van der Waals surface area contributed by atoms with Crippen molar-refractivity contribution >= 4 is 16.0 Å². The highest BCUT2D eigenvalue weighted by Crippen LogP contribution is 2.39. The van der Waals surface area contributed by atoms with E-state index >= 15 is 0 Å². The molecule has 5 rings (SSSR count). The summed E-state index contributed by atoms with van der Waals surface area (Å²) < 4.78 is 47.9. The molecule has 0 amide bonds. The largest absolute Gasteiger partial charge is 0.493 e. The first-order valence-corrected chi connectivity index (χ1v) is 15.7. The molecule has 1 unspecified atom stereocenters. The summed E-state index contributed by atoms with van der Waals surface area (Å²) in [6, 6.07) is 18.2. The van der Waals surface area contributed by atoms with Gasteiger partial charge in [-0.05, 0) is 72.4 Å². The van der Waals surface area contributed by atoms with Gasteiger partial charge in [0.1, 0.15) is 23.9 Å². The maximum atomic E-state index is 11.8. The number of ether oxygens (including phenoxy) is 4. The third-order valence-corrected chi connectivity index (χ3v) is 9.11. The number of benzene rings is 3. The van der Waals surface area contributed by atoms with Crippen LogP contribution < -0.4 is 14.2 Å². The zero-order chi connectivity index (χ0) is 29.1. The molecule has 8 nitrogen and oxygen atoms in total. The maximum absolute atomic E-state index is 11.8. The van der Waals surface area contributed by atoms with E-state index in [1.54, 1.807) is 0 Å². The average molecular weight is 580 g/mol. The number of hydrogen-bond acceptors (Lipinski definition) is 7. The molecule has 2 aliphatic heterocycles. The molecule has 9 heteroatoms. The number of fused-ring (bicyclic) bond motifs is 1. The summed E-state index contributed by atoms with van der Waals surface area (Å²) in [5, 5.41) is 0. The topological polar surface area (TPSA) is 91.4 Å². The zero-order valence-corrected chi connectivity index (χ0v) is 24.8. The van der Waals surface area contributed by atoms with Crippen molar-refractivity contribution < 1.29 is 32.2 Å². The molecule has 218 valence electrons. The van der Waals surface area contributed by atoms with Gasteiger partial charge in [-0.1, -0.05) is 24.3 Å². The van der Waals surface area contributed by atoms with Crippen molar-refractivity contribution in [3.05, 3.63) is 76.9 Å². The second-order valence-corrected chi connectivity index (χ2v) is 13.0. The number of rotatable bonds is 10. The van der Waals surface area contributed by atoms with Gasteiger partial charge < -0.3 is 18.9 Å². The summed E-state index contributed by atoms with van der Waals surface area (Å²) in [6.07, 6.45) is 2.37. The molecule has 2 atom stereocenters. The lowest BCUT2D eigenvalue weighted by Gasteiger charge is -2.17. The highest BCUT2D eigenvalue weighted by molar-refractivity contribution is 7.88. The second kappa shape index (κ2) is 12.1. The Labute approximate surface area is 242 Å². The number of carbonyl (C=O) groups excluding carboxylic acids is 1. The molecule has 0 saturated carbocycles. The quantitative estimate of drug-likeness (QED) is 0.303. The van der Waals surface area contributed by atoms with Gasteiger partial charge in [-0.25, -0.2) is 12.7 Å². The first-order chi connectivity index (χ1) is 19.6. The van der Waals surface area contributed by atoms with Crippen molar-refractivity contribution in [3.8, 4) is 28.4 Å². The predicted molar refractivity (Wildman–Crippen MR) is 157 cm³/mol. The Kier molecular flexibility index (Phi) is 8.56. The van der Waals surface area contributed by atoms with E-state index < -0.39 is 10.0 Å². The summed E-state index contributed by atoms with van der Waals surface area (Å²) in [5.74, 6) is 2.21. The highest BCUT2D eigenvalue weighted by Gasteiger charge is 2.29. The van der Waals surface area contributed by atoms with E-state index in [1.807, 2.05) is 42.5 Å². The monoisotopic (exact) mass is 579 g/mol. The van der Waals surface area contributed by atoms with Gasteiger partial charge in [-0.2, -0.15) is 0 Å². The van der Waals surface area contributed by atoms with Gasteiger partial charge in [0.05, 0.1) is 33.0 Å². The third-order valence-electron chi connectivity index (χ3n) is 7.84. The van der Waals surface area contributed by atoms with Crippen LogP contribution in [-0.4, -0.2) is 58.4 Å². The molecule has 0 radical (unpaired) electrons. The standard InChI is InChI=1S/C32H37NO7S/c1-21-12-28(39-19-24-10-11-33(17-24)41(4,35)36)13-22(2)32(21)25-7-5-6-23(14-25)18-38-27-8-9-29-26(15-31(34)37-3)20-40-30(29)16-27/h5-9,12-14,16,24,26H,10-11,15,17-20H2,1-4H3/t24-,26?/m1/s1. The molecule has 0 aliphatic carbocycles. The van der Waals surface area contributed by atoms with Gasteiger partial charge in [0.15, 0.2) is 0 Å². The van der Waals surface area contributed by atoms with Crippen LogP contribution in [0.25, 0.3) is 11.1 Å². The van der Waals surface area contributed by atoms with Crippen LogP contribution in [-0.2, 0) is 26.2 Å². The fraction of sp³-hybridized carbons (Fsp3) is 0.406. The minimum absolute atomic E-state index is 0.000556. The van der Waals surface area contributed by atoms with Crippen molar-refractivity contribution in [3.63, 3.8) is 0 Å². The van der Waals surface area contributed by atoms with Crippen LogP contribution in [0.1, 0.15) is 41.0 Å². The molecule has 0 N–H and O–H groups in total. The number of sulfonamides is 1. The van der Waals surface area contributed by atoms with Gasteiger partial charge >= 0.3 is 5.97 Å². The number of nitrogens with zero attached hydrogens (tertiary/aromatic N) is 1. The minimum Gasteiger partial charge on any atom is -0.493 e. The Hall–Kier alpha value is -3.56. The second-order valence-electron chi connectivity index (χ2n) is 11.0. The van der Waals surface area contributed by atoms with Gasteiger partial charge in [0.2, 0.25) is 10.0 Å². The summed E-state index contributed by atoms with van der Waals surface area (Å²) in [5.41, 5.74) is 6.53. The Bertz CT molecular complexity index is 1510. The number of hydrogen-bond donors (Lipinski definition) is 0. The van der Waals surface area contributed by atoms with Crippen LogP contribution in [0, 0.1) is 19.8 Å². The Balaban J connectivity index is 1.22. The first kappa shape index (κ1) is 29.0. The molecule has 2 heterocycles. The Morgan fingerprint density at radius 3 is 2.51 bits per heavy atom. The van der Waals surface area contributed by atoms with Gasteiger partial charge in [-0.3, -0.25) is 4.79 Å². The van der Waals surface area contributed by atoms with E-state index in [0.717, 1.165) is 51.3 Å².